The van der Waals surface area contributed by atoms with Gasteiger partial charge in [-0.15, -0.1) is 0 Å². The van der Waals surface area contributed by atoms with Gasteiger partial charge in [0.1, 0.15) is 0 Å². The van der Waals surface area contributed by atoms with Gasteiger partial charge in [0, 0.05) is 25.4 Å². The highest BCUT2D eigenvalue weighted by molar-refractivity contribution is 5.95. The van der Waals surface area contributed by atoms with Crippen LogP contribution in [0.3, 0.4) is 0 Å². The SMILES string of the molecule is CCOCCCNC(=O)NCC(=O)Nc1c(C)cc(C)cc1C. The van der Waals surface area contributed by atoms with Gasteiger partial charge in [-0.2, -0.15) is 0 Å². The first kappa shape index (κ1) is 19.0. The summed E-state index contributed by atoms with van der Waals surface area (Å²) in [4.78, 5) is 23.5. The van der Waals surface area contributed by atoms with E-state index in [9.17, 15) is 9.59 Å². The number of hydrogen-bond acceptors (Lipinski definition) is 3. The molecule has 0 radical (unpaired) electrons. The third-order valence-corrected chi connectivity index (χ3v) is 3.31. The second-order valence-electron chi connectivity index (χ2n) is 5.48. The molecule has 0 aliphatic rings. The van der Waals surface area contributed by atoms with Gasteiger partial charge in [-0.3, -0.25) is 4.79 Å². The number of ether oxygens (including phenoxy) is 1. The Morgan fingerprint density at radius 1 is 1.09 bits per heavy atom. The number of nitrogens with one attached hydrogen (secondary N) is 3. The topological polar surface area (TPSA) is 79.5 Å². The van der Waals surface area contributed by atoms with Crippen molar-refractivity contribution < 1.29 is 14.3 Å². The van der Waals surface area contributed by atoms with E-state index >= 15 is 0 Å². The molecule has 3 amide bonds. The number of rotatable bonds is 8. The maximum absolute atomic E-state index is 11.9. The molecule has 0 fully saturated rings. The third kappa shape index (κ3) is 7.15. The predicted molar refractivity (Wildman–Crippen MR) is 91.8 cm³/mol. The molecule has 0 saturated carbocycles. The molecule has 1 rings (SSSR count). The van der Waals surface area contributed by atoms with Gasteiger partial charge in [-0.1, -0.05) is 17.7 Å². The molecule has 0 aromatic heterocycles. The van der Waals surface area contributed by atoms with Crippen LogP contribution in [0.15, 0.2) is 12.1 Å². The number of aryl methyl sites for hydroxylation is 3. The lowest BCUT2D eigenvalue weighted by Crippen LogP contribution is -2.40. The average molecular weight is 321 g/mol. The lowest BCUT2D eigenvalue weighted by atomic mass is 10.1. The fraction of sp³-hybridized carbons (Fsp3) is 0.529. The number of benzene rings is 1. The first-order valence-corrected chi connectivity index (χ1v) is 7.91. The zero-order valence-corrected chi connectivity index (χ0v) is 14.4. The van der Waals surface area contributed by atoms with E-state index in [1.165, 1.54) is 0 Å². The molecular formula is C17H27N3O3. The highest BCUT2D eigenvalue weighted by Crippen LogP contribution is 2.21. The largest absolute Gasteiger partial charge is 0.382 e. The van der Waals surface area contributed by atoms with Gasteiger partial charge in [0.2, 0.25) is 5.91 Å². The summed E-state index contributed by atoms with van der Waals surface area (Å²) >= 11 is 0. The Morgan fingerprint density at radius 3 is 2.35 bits per heavy atom. The van der Waals surface area contributed by atoms with Crippen molar-refractivity contribution in [3.05, 3.63) is 28.8 Å². The molecule has 128 valence electrons. The Bertz CT molecular complexity index is 521. The number of anilines is 1. The maximum Gasteiger partial charge on any atom is 0.315 e. The summed E-state index contributed by atoms with van der Waals surface area (Å²) in [6.45, 7) is 9.59. The normalized spacial score (nSPS) is 10.3. The van der Waals surface area contributed by atoms with Crippen LogP contribution < -0.4 is 16.0 Å². The zero-order valence-electron chi connectivity index (χ0n) is 14.4. The van der Waals surface area contributed by atoms with Crippen molar-refractivity contribution in [1.82, 2.24) is 10.6 Å². The maximum atomic E-state index is 11.9. The number of hydrogen-bond donors (Lipinski definition) is 3. The van der Waals surface area contributed by atoms with Crippen molar-refractivity contribution in [3.8, 4) is 0 Å². The Hall–Kier alpha value is -2.08. The van der Waals surface area contributed by atoms with Crippen molar-refractivity contribution >= 4 is 17.6 Å². The van der Waals surface area contributed by atoms with Gasteiger partial charge in [0.15, 0.2) is 0 Å². The van der Waals surface area contributed by atoms with E-state index in [1.807, 2.05) is 39.8 Å². The van der Waals surface area contributed by atoms with E-state index in [4.69, 9.17) is 4.74 Å². The fourth-order valence-electron chi connectivity index (χ4n) is 2.30. The molecule has 0 heterocycles. The standard InChI is InChI=1S/C17H27N3O3/c1-5-23-8-6-7-18-17(22)19-11-15(21)20-16-13(3)9-12(2)10-14(16)4/h9-10H,5-8,11H2,1-4H3,(H,20,21)(H2,18,19,22). The lowest BCUT2D eigenvalue weighted by Gasteiger charge is -2.13. The van der Waals surface area contributed by atoms with E-state index in [0.717, 1.165) is 28.8 Å². The zero-order chi connectivity index (χ0) is 17.2. The molecular weight excluding hydrogens is 294 g/mol. The Kier molecular flexibility index (Phi) is 8.11. The van der Waals surface area contributed by atoms with Gasteiger partial charge in [-0.25, -0.2) is 4.79 Å². The molecule has 0 aliphatic carbocycles. The molecule has 0 unspecified atom stereocenters. The molecule has 1 aromatic carbocycles. The molecule has 0 atom stereocenters. The molecule has 1 aromatic rings. The van der Waals surface area contributed by atoms with Crippen molar-refractivity contribution in [3.63, 3.8) is 0 Å². The minimum Gasteiger partial charge on any atom is -0.382 e. The van der Waals surface area contributed by atoms with Crippen molar-refractivity contribution in [1.29, 1.82) is 0 Å². The van der Waals surface area contributed by atoms with Crippen LogP contribution >= 0.6 is 0 Å². The summed E-state index contributed by atoms with van der Waals surface area (Å²) in [7, 11) is 0. The van der Waals surface area contributed by atoms with Crippen LogP contribution in [0.5, 0.6) is 0 Å². The second-order valence-corrected chi connectivity index (χ2v) is 5.48. The monoisotopic (exact) mass is 321 g/mol. The first-order valence-electron chi connectivity index (χ1n) is 7.91. The molecule has 6 nitrogen and oxygen atoms in total. The lowest BCUT2D eigenvalue weighted by molar-refractivity contribution is -0.115. The van der Waals surface area contributed by atoms with Gasteiger partial charge in [0.05, 0.1) is 6.54 Å². The molecule has 0 aliphatic heterocycles. The molecule has 0 saturated heterocycles. The van der Waals surface area contributed by atoms with Crippen LogP contribution in [0.1, 0.15) is 30.0 Å². The van der Waals surface area contributed by atoms with E-state index in [2.05, 4.69) is 16.0 Å². The number of carbonyl (C=O) groups is 2. The predicted octanol–water partition coefficient (Wildman–Crippen LogP) is 2.28. The van der Waals surface area contributed by atoms with Gasteiger partial charge < -0.3 is 20.7 Å². The van der Waals surface area contributed by atoms with Crippen LogP contribution in [0.4, 0.5) is 10.5 Å². The van der Waals surface area contributed by atoms with E-state index in [1.54, 1.807) is 0 Å². The first-order chi connectivity index (χ1) is 10.9. The molecule has 0 spiro atoms. The number of urea groups is 1. The van der Waals surface area contributed by atoms with Gasteiger partial charge in [-0.05, 0) is 45.2 Å². The quantitative estimate of drug-likeness (QED) is 0.643. The average Bonchev–Trinajstić information content (AvgIpc) is 2.48. The van der Waals surface area contributed by atoms with Crippen LogP contribution in [0.2, 0.25) is 0 Å². The molecule has 6 heteroatoms. The Labute approximate surface area is 138 Å². The summed E-state index contributed by atoms with van der Waals surface area (Å²) in [6, 6.07) is 3.68. The second kappa shape index (κ2) is 9.84. The van der Waals surface area contributed by atoms with Crippen LogP contribution in [-0.4, -0.2) is 38.2 Å². The van der Waals surface area contributed by atoms with Crippen LogP contribution in [0.25, 0.3) is 0 Å². The summed E-state index contributed by atoms with van der Waals surface area (Å²) in [5.74, 6) is -0.246. The summed E-state index contributed by atoms with van der Waals surface area (Å²) in [6.07, 6.45) is 0.745. The number of carbonyl (C=O) groups excluding carboxylic acids is 2. The highest BCUT2D eigenvalue weighted by Gasteiger charge is 2.09. The number of amides is 3. The van der Waals surface area contributed by atoms with Crippen LogP contribution in [0, 0.1) is 20.8 Å². The van der Waals surface area contributed by atoms with Gasteiger partial charge in [0.25, 0.3) is 0 Å². The van der Waals surface area contributed by atoms with E-state index < -0.39 is 0 Å². The van der Waals surface area contributed by atoms with E-state index in [-0.39, 0.29) is 18.5 Å². The summed E-state index contributed by atoms with van der Waals surface area (Å²) in [5, 5.41) is 8.07. The van der Waals surface area contributed by atoms with Gasteiger partial charge >= 0.3 is 6.03 Å². The Morgan fingerprint density at radius 2 is 1.74 bits per heavy atom. The summed E-state index contributed by atoms with van der Waals surface area (Å²) < 4.78 is 5.17. The molecule has 3 N–H and O–H groups in total. The van der Waals surface area contributed by atoms with Crippen molar-refractivity contribution in [2.75, 3.05) is 31.6 Å². The van der Waals surface area contributed by atoms with E-state index in [0.29, 0.717) is 19.8 Å². The third-order valence-electron chi connectivity index (χ3n) is 3.31. The molecule has 0 bridgehead atoms. The fourth-order valence-corrected chi connectivity index (χ4v) is 2.30. The smallest absolute Gasteiger partial charge is 0.315 e. The minimum atomic E-state index is -0.353. The summed E-state index contributed by atoms with van der Waals surface area (Å²) in [5.41, 5.74) is 3.98. The van der Waals surface area contributed by atoms with Crippen molar-refractivity contribution in [2.45, 2.75) is 34.1 Å². The molecule has 23 heavy (non-hydrogen) atoms. The minimum absolute atomic E-state index is 0.0654. The Balaban J connectivity index is 2.33. The van der Waals surface area contributed by atoms with Crippen molar-refractivity contribution in [2.24, 2.45) is 0 Å². The van der Waals surface area contributed by atoms with Crippen LogP contribution in [-0.2, 0) is 9.53 Å². The highest BCUT2D eigenvalue weighted by atomic mass is 16.5.